The van der Waals surface area contributed by atoms with E-state index in [1.807, 2.05) is 12.1 Å². The Balaban J connectivity index is 2.93. The van der Waals surface area contributed by atoms with Crippen LogP contribution in [0.25, 0.3) is 0 Å². The SMILES string of the molecule is CCC(CC)CN(CC)c1ccc(Cl)cc1CN. The lowest BCUT2D eigenvalue weighted by atomic mass is 10.0. The summed E-state index contributed by atoms with van der Waals surface area (Å²) in [7, 11) is 0. The van der Waals surface area contributed by atoms with Crippen molar-refractivity contribution in [1.29, 1.82) is 0 Å². The quantitative estimate of drug-likeness (QED) is 0.808. The van der Waals surface area contributed by atoms with Gasteiger partial charge in [0.1, 0.15) is 0 Å². The Morgan fingerprint density at radius 1 is 1.22 bits per heavy atom. The van der Waals surface area contributed by atoms with Crippen LogP contribution in [-0.2, 0) is 6.54 Å². The number of benzene rings is 1. The maximum atomic E-state index is 6.03. The van der Waals surface area contributed by atoms with Gasteiger partial charge in [-0.25, -0.2) is 0 Å². The first-order valence-corrected chi connectivity index (χ1v) is 7.27. The number of halogens is 1. The van der Waals surface area contributed by atoms with Crippen LogP contribution in [0.1, 0.15) is 39.2 Å². The van der Waals surface area contributed by atoms with E-state index < -0.39 is 0 Å². The van der Waals surface area contributed by atoms with Gasteiger partial charge < -0.3 is 10.6 Å². The zero-order valence-corrected chi connectivity index (χ0v) is 12.5. The predicted octanol–water partition coefficient (Wildman–Crippen LogP) is 4.06. The predicted molar refractivity (Wildman–Crippen MR) is 81.3 cm³/mol. The average Bonchev–Trinajstić information content (AvgIpc) is 2.41. The average molecular weight is 269 g/mol. The summed E-state index contributed by atoms with van der Waals surface area (Å²) in [6, 6.07) is 6.02. The minimum atomic E-state index is 0.537. The van der Waals surface area contributed by atoms with E-state index in [-0.39, 0.29) is 0 Å². The number of rotatable bonds is 7. The third kappa shape index (κ3) is 3.89. The molecule has 102 valence electrons. The van der Waals surface area contributed by atoms with E-state index in [9.17, 15) is 0 Å². The Hall–Kier alpha value is -0.730. The minimum absolute atomic E-state index is 0.537. The minimum Gasteiger partial charge on any atom is -0.371 e. The third-order valence-corrected chi connectivity index (χ3v) is 3.85. The second kappa shape index (κ2) is 7.65. The van der Waals surface area contributed by atoms with E-state index in [1.54, 1.807) is 0 Å². The fourth-order valence-electron chi connectivity index (χ4n) is 2.28. The number of nitrogens with two attached hydrogens (primary N) is 1. The van der Waals surface area contributed by atoms with Crippen LogP contribution in [-0.4, -0.2) is 13.1 Å². The molecule has 0 aliphatic rings. The highest BCUT2D eigenvalue weighted by atomic mass is 35.5. The lowest BCUT2D eigenvalue weighted by molar-refractivity contribution is 0.485. The maximum absolute atomic E-state index is 6.03. The van der Waals surface area contributed by atoms with Crippen molar-refractivity contribution in [3.63, 3.8) is 0 Å². The summed E-state index contributed by atoms with van der Waals surface area (Å²) in [5.74, 6) is 0.742. The van der Waals surface area contributed by atoms with Crippen LogP contribution < -0.4 is 10.6 Å². The molecule has 0 aliphatic heterocycles. The van der Waals surface area contributed by atoms with E-state index >= 15 is 0 Å². The first-order valence-electron chi connectivity index (χ1n) is 6.89. The number of nitrogens with zero attached hydrogens (tertiary/aromatic N) is 1. The molecule has 2 N–H and O–H groups in total. The van der Waals surface area contributed by atoms with Gasteiger partial charge in [-0.2, -0.15) is 0 Å². The van der Waals surface area contributed by atoms with Gasteiger partial charge in [0.2, 0.25) is 0 Å². The molecule has 0 unspecified atom stereocenters. The molecule has 0 heterocycles. The third-order valence-electron chi connectivity index (χ3n) is 3.62. The van der Waals surface area contributed by atoms with Gasteiger partial charge in [0, 0.05) is 30.3 Å². The highest BCUT2D eigenvalue weighted by Crippen LogP contribution is 2.25. The zero-order valence-electron chi connectivity index (χ0n) is 11.7. The normalized spacial score (nSPS) is 11.0. The van der Waals surface area contributed by atoms with Crippen LogP contribution >= 0.6 is 11.6 Å². The highest BCUT2D eigenvalue weighted by molar-refractivity contribution is 6.30. The van der Waals surface area contributed by atoms with Crippen LogP contribution in [0.4, 0.5) is 5.69 Å². The molecule has 0 radical (unpaired) electrons. The fourth-order valence-corrected chi connectivity index (χ4v) is 2.48. The van der Waals surface area contributed by atoms with Gasteiger partial charge in [0.15, 0.2) is 0 Å². The van der Waals surface area contributed by atoms with E-state index in [2.05, 4.69) is 31.7 Å². The van der Waals surface area contributed by atoms with Crippen LogP contribution in [0.2, 0.25) is 5.02 Å². The summed E-state index contributed by atoms with van der Waals surface area (Å²) in [5.41, 5.74) is 8.19. The fraction of sp³-hybridized carbons (Fsp3) is 0.600. The van der Waals surface area contributed by atoms with E-state index in [0.29, 0.717) is 6.54 Å². The van der Waals surface area contributed by atoms with Gasteiger partial charge in [-0.15, -0.1) is 0 Å². The number of anilines is 1. The summed E-state index contributed by atoms with van der Waals surface area (Å²) >= 11 is 6.03. The number of hydrogen-bond donors (Lipinski definition) is 1. The van der Waals surface area contributed by atoms with Crippen molar-refractivity contribution in [3.8, 4) is 0 Å². The van der Waals surface area contributed by atoms with Gasteiger partial charge in [-0.1, -0.05) is 38.3 Å². The topological polar surface area (TPSA) is 29.3 Å². The van der Waals surface area contributed by atoms with Gasteiger partial charge in [0.05, 0.1) is 0 Å². The molecule has 0 saturated carbocycles. The van der Waals surface area contributed by atoms with Crippen molar-refractivity contribution < 1.29 is 0 Å². The molecule has 0 aliphatic carbocycles. The lowest BCUT2D eigenvalue weighted by Gasteiger charge is -2.29. The zero-order chi connectivity index (χ0) is 13.5. The van der Waals surface area contributed by atoms with Gasteiger partial charge in [0.25, 0.3) is 0 Å². The van der Waals surface area contributed by atoms with Crippen LogP contribution in [0, 0.1) is 5.92 Å². The summed E-state index contributed by atoms with van der Waals surface area (Å²) in [6.07, 6.45) is 2.44. The summed E-state index contributed by atoms with van der Waals surface area (Å²) < 4.78 is 0. The van der Waals surface area contributed by atoms with Gasteiger partial charge >= 0.3 is 0 Å². The molecule has 1 aromatic carbocycles. The maximum Gasteiger partial charge on any atom is 0.0412 e. The molecule has 2 nitrogen and oxygen atoms in total. The lowest BCUT2D eigenvalue weighted by Crippen LogP contribution is -2.30. The molecular weight excluding hydrogens is 244 g/mol. The van der Waals surface area contributed by atoms with Gasteiger partial charge in [-0.3, -0.25) is 0 Å². The van der Waals surface area contributed by atoms with Crippen LogP contribution in [0.5, 0.6) is 0 Å². The highest BCUT2D eigenvalue weighted by Gasteiger charge is 2.13. The van der Waals surface area contributed by atoms with Crippen LogP contribution in [0.3, 0.4) is 0 Å². The molecular formula is C15H25ClN2. The monoisotopic (exact) mass is 268 g/mol. The van der Waals surface area contributed by atoms with Crippen molar-refractivity contribution in [2.45, 2.75) is 40.2 Å². The Labute approximate surface area is 116 Å². The second-order valence-electron chi connectivity index (χ2n) is 4.70. The van der Waals surface area contributed by atoms with E-state index in [4.69, 9.17) is 17.3 Å². The first-order chi connectivity index (χ1) is 8.65. The summed E-state index contributed by atoms with van der Waals surface area (Å²) in [4.78, 5) is 2.41. The molecule has 0 saturated heterocycles. The molecule has 3 heteroatoms. The smallest absolute Gasteiger partial charge is 0.0412 e. The summed E-state index contributed by atoms with van der Waals surface area (Å²) in [6.45, 7) is 9.34. The molecule has 1 aromatic rings. The van der Waals surface area contributed by atoms with Crippen molar-refractivity contribution in [1.82, 2.24) is 0 Å². The molecule has 0 aromatic heterocycles. The molecule has 0 amide bonds. The Morgan fingerprint density at radius 2 is 1.89 bits per heavy atom. The van der Waals surface area contributed by atoms with Crippen molar-refractivity contribution in [2.24, 2.45) is 11.7 Å². The first kappa shape index (κ1) is 15.3. The largest absolute Gasteiger partial charge is 0.371 e. The van der Waals surface area contributed by atoms with Crippen LogP contribution in [0.15, 0.2) is 18.2 Å². The molecule has 0 bridgehead atoms. The van der Waals surface area contributed by atoms with E-state index in [1.165, 1.54) is 18.5 Å². The van der Waals surface area contributed by atoms with Crippen molar-refractivity contribution in [2.75, 3.05) is 18.0 Å². The Morgan fingerprint density at radius 3 is 2.39 bits per heavy atom. The van der Waals surface area contributed by atoms with E-state index in [0.717, 1.165) is 29.6 Å². The Kier molecular flexibility index (Phi) is 6.51. The molecule has 0 spiro atoms. The summed E-state index contributed by atoms with van der Waals surface area (Å²) in [5, 5.41) is 0.762. The number of hydrogen-bond acceptors (Lipinski definition) is 2. The molecule has 1 rings (SSSR count). The standard InChI is InChI=1S/C15H25ClN2/c1-4-12(5-2)11-18(6-3)15-8-7-14(16)9-13(15)10-17/h7-9,12H,4-6,10-11,17H2,1-3H3. The Bertz CT molecular complexity index is 362. The second-order valence-corrected chi connectivity index (χ2v) is 5.13. The molecule has 0 fully saturated rings. The molecule has 18 heavy (non-hydrogen) atoms. The molecule has 0 atom stereocenters. The van der Waals surface area contributed by atoms with Crippen molar-refractivity contribution >= 4 is 17.3 Å². The van der Waals surface area contributed by atoms with Crippen molar-refractivity contribution in [3.05, 3.63) is 28.8 Å². The van der Waals surface area contributed by atoms with Gasteiger partial charge in [-0.05, 0) is 36.6 Å².